The third-order valence-electron chi connectivity index (χ3n) is 3.06. The van der Waals surface area contributed by atoms with Crippen LogP contribution in [-0.2, 0) is 6.54 Å². The fourth-order valence-corrected chi connectivity index (χ4v) is 2.31. The molecule has 0 atom stereocenters. The first-order valence-electron chi connectivity index (χ1n) is 6.48. The van der Waals surface area contributed by atoms with Gasteiger partial charge in [-0.1, -0.05) is 24.8 Å². The van der Waals surface area contributed by atoms with E-state index >= 15 is 0 Å². The number of rotatable bonds is 4. The number of aromatic nitrogens is 1. The molecule has 0 aliphatic heterocycles. The molecule has 0 radical (unpaired) electrons. The summed E-state index contributed by atoms with van der Waals surface area (Å²) in [5, 5.41) is 2.65. The van der Waals surface area contributed by atoms with Crippen molar-refractivity contribution in [3.63, 3.8) is 0 Å². The first-order valence-corrected chi connectivity index (χ1v) is 7.28. The van der Waals surface area contributed by atoms with Gasteiger partial charge in [0, 0.05) is 24.5 Å². The van der Waals surface area contributed by atoms with Gasteiger partial charge in [-0.3, -0.25) is 9.59 Å². The van der Waals surface area contributed by atoms with Gasteiger partial charge in [0.1, 0.15) is 5.69 Å². The molecule has 0 saturated heterocycles. The van der Waals surface area contributed by atoms with Crippen molar-refractivity contribution in [2.24, 2.45) is 0 Å². The van der Waals surface area contributed by atoms with Crippen molar-refractivity contribution in [1.29, 1.82) is 0 Å². The predicted molar refractivity (Wildman–Crippen MR) is 88.6 cm³/mol. The molecule has 1 aromatic heterocycles. The number of hydrogen-bond acceptors (Lipinski definition) is 2. The van der Waals surface area contributed by atoms with Crippen molar-refractivity contribution < 1.29 is 4.79 Å². The zero-order valence-corrected chi connectivity index (χ0v) is 13.2. The fraction of sp³-hybridized carbons (Fsp3) is 0.125. The maximum atomic E-state index is 12.2. The van der Waals surface area contributed by atoms with E-state index < -0.39 is 0 Å². The minimum atomic E-state index is -0.316. The molecule has 4 nitrogen and oxygen atoms in total. The second-order valence-corrected chi connectivity index (χ2v) is 5.31. The number of carbonyl (C=O) groups is 1. The highest BCUT2D eigenvalue weighted by atomic mass is 79.9. The van der Waals surface area contributed by atoms with Gasteiger partial charge in [-0.25, -0.2) is 0 Å². The van der Waals surface area contributed by atoms with Crippen molar-refractivity contribution in [1.82, 2.24) is 4.57 Å². The Balaban J connectivity index is 2.28. The SMILES string of the molecule is C=Cc1ccc(C(=O)Nc2cn(CC)cc(Br)c2=O)cc1. The van der Waals surface area contributed by atoms with Crippen LogP contribution in [0.25, 0.3) is 6.08 Å². The fourth-order valence-electron chi connectivity index (χ4n) is 1.83. The number of benzene rings is 1. The number of pyridine rings is 1. The number of carbonyl (C=O) groups excluding carboxylic acids is 1. The van der Waals surface area contributed by atoms with Crippen LogP contribution in [0.3, 0.4) is 0 Å². The maximum Gasteiger partial charge on any atom is 0.255 e. The Bertz CT molecular complexity index is 733. The normalized spacial score (nSPS) is 10.2. The molecule has 1 amide bonds. The third kappa shape index (κ3) is 3.49. The number of nitrogens with zero attached hydrogens (tertiary/aromatic N) is 1. The van der Waals surface area contributed by atoms with E-state index in [0.29, 0.717) is 16.6 Å². The van der Waals surface area contributed by atoms with Crippen molar-refractivity contribution >= 4 is 33.6 Å². The number of hydrogen-bond donors (Lipinski definition) is 1. The van der Waals surface area contributed by atoms with Crippen LogP contribution in [0.4, 0.5) is 5.69 Å². The van der Waals surface area contributed by atoms with E-state index in [1.807, 2.05) is 11.5 Å². The van der Waals surface area contributed by atoms with Gasteiger partial charge in [0.05, 0.1) is 4.47 Å². The van der Waals surface area contributed by atoms with Crippen LogP contribution < -0.4 is 10.7 Å². The summed E-state index contributed by atoms with van der Waals surface area (Å²) in [5.41, 5.74) is 1.44. The van der Waals surface area contributed by atoms with Crippen molar-refractivity contribution in [2.75, 3.05) is 5.32 Å². The van der Waals surface area contributed by atoms with E-state index in [-0.39, 0.29) is 17.0 Å². The summed E-state index contributed by atoms with van der Waals surface area (Å²) in [6.45, 7) is 6.32. The predicted octanol–water partition coefficient (Wildman–Crippen LogP) is 3.53. The van der Waals surface area contributed by atoms with E-state index in [9.17, 15) is 9.59 Å². The number of halogens is 1. The maximum absolute atomic E-state index is 12.2. The van der Waals surface area contributed by atoms with Crippen molar-refractivity contribution in [3.05, 3.63) is 69.1 Å². The zero-order chi connectivity index (χ0) is 15.4. The summed E-state index contributed by atoms with van der Waals surface area (Å²) < 4.78 is 2.24. The minimum Gasteiger partial charge on any atom is -0.351 e. The summed E-state index contributed by atoms with van der Waals surface area (Å²) in [4.78, 5) is 24.2. The molecule has 0 aliphatic carbocycles. The zero-order valence-electron chi connectivity index (χ0n) is 11.6. The number of anilines is 1. The van der Waals surface area contributed by atoms with E-state index in [1.165, 1.54) is 0 Å². The van der Waals surface area contributed by atoms with Gasteiger partial charge < -0.3 is 9.88 Å². The van der Waals surface area contributed by atoms with Gasteiger partial charge in [0.2, 0.25) is 5.43 Å². The molecule has 108 valence electrons. The molecule has 0 unspecified atom stereocenters. The Morgan fingerprint density at radius 2 is 2.00 bits per heavy atom. The standard InChI is InChI=1S/C16H15BrN2O2/c1-3-11-5-7-12(8-6-11)16(21)18-14-10-19(4-2)9-13(17)15(14)20/h3,5-10H,1,4H2,2H3,(H,18,21). The summed E-state index contributed by atoms with van der Waals surface area (Å²) in [6, 6.07) is 6.99. The molecule has 2 rings (SSSR count). The smallest absolute Gasteiger partial charge is 0.255 e. The average molecular weight is 347 g/mol. The highest BCUT2D eigenvalue weighted by Gasteiger charge is 2.10. The van der Waals surface area contributed by atoms with Crippen LogP contribution in [0.1, 0.15) is 22.8 Å². The molecule has 0 aliphatic rings. The third-order valence-corrected chi connectivity index (χ3v) is 3.62. The van der Waals surface area contributed by atoms with Crippen LogP contribution in [0.15, 0.2) is 52.5 Å². The molecule has 0 fully saturated rings. The van der Waals surface area contributed by atoms with Gasteiger partial charge in [-0.15, -0.1) is 0 Å². The van der Waals surface area contributed by atoms with Crippen LogP contribution in [-0.4, -0.2) is 10.5 Å². The molecule has 21 heavy (non-hydrogen) atoms. The number of nitrogens with one attached hydrogen (secondary N) is 1. The molecular formula is C16H15BrN2O2. The highest BCUT2D eigenvalue weighted by molar-refractivity contribution is 9.10. The Labute approximate surface area is 131 Å². The van der Waals surface area contributed by atoms with Gasteiger partial charge >= 0.3 is 0 Å². The van der Waals surface area contributed by atoms with Gasteiger partial charge in [0.15, 0.2) is 0 Å². The van der Waals surface area contributed by atoms with Crippen molar-refractivity contribution in [3.8, 4) is 0 Å². The summed E-state index contributed by atoms with van der Waals surface area (Å²) in [6.07, 6.45) is 5.02. The first-order chi connectivity index (χ1) is 10.0. The van der Waals surface area contributed by atoms with E-state index in [2.05, 4.69) is 27.8 Å². The summed E-state index contributed by atoms with van der Waals surface area (Å²) in [7, 11) is 0. The molecule has 5 heteroatoms. The summed E-state index contributed by atoms with van der Waals surface area (Å²) >= 11 is 3.21. The topological polar surface area (TPSA) is 51.1 Å². The van der Waals surface area contributed by atoms with Crippen LogP contribution in [0, 0.1) is 0 Å². The monoisotopic (exact) mass is 346 g/mol. The lowest BCUT2D eigenvalue weighted by molar-refractivity contribution is 0.102. The highest BCUT2D eigenvalue weighted by Crippen LogP contribution is 2.11. The Morgan fingerprint density at radius 3 is 2.57 bits per heavy atom. The van der Waals surface area contributed by atoms with Gasteiger partial charge in [-0.05, 0) is 40.5 Å². The molecule has 1 N–H and O–H groups in total. The Hall–Kier alpha value is -2.14. The minimum absolute atomic E-state index is 0.240. The average Bonchev–Trinajstić information content (AvgIpc) is 2.51. The quantitative estimate of drug-likeness (QED) is 0.920. The van der Waals surface area contributed by atoms with Crippen LogP contribution in [0.2, 0.25) is 0 Å². The van der Waals surface area contributed by atoms with Gasteiger partial charge in [-0.2, -0.15) is 0 Å². The van der Waals surface area contributed by atoms with E-state index in [4.69, 9.17) is 0 Å². The van der Waals surface area contributed by atoms with Crippen LogP contribution >= 0.6 is 15.9 Å². The Kier molecular flexibility index (Phi) is 4.75. The second-order valence-electron chi connectivity index (χ2n) is 4.46. The van der Waals surface area contributed by atoms with Gasteiger partial charge in [0.25, 0.3) is 5.91 Å². The van der Waals surface area contributed by atoms with E-state index in [1.54, 1.807) is 42.7 Å². The molecule has 0 spiro atoms. The van der Waals surface area contributed by atoms with Crippen LogP contribution in [0.5, 0.6) is 0 Å². The lowest BCUT2D eigenvalue weighted by Gasteiger charge is -2.09. The Morgan fingerprint density at radius 1 is 1.33 bits per heavy atom. The largest absolute Gasteiger partial charge is 0.351 e. The molecule has 1 heterocycles. The lowest BCUT2D eigenvalue weighted by Crippen LogP contribution is -2.20. The number of amides is 1. The lowest BCUT2D eigenvalue weighted by atomic mass is 10.1. The first kappa shape index (κ1) is 15.3. The molecule has 0 bridgehead atoms. The van der Waals surface area contributed by atoms with E-state index in [0.717, 1.165) is 5.56 Å². The number of aryl methyl sites for hydroxylation is 1. The molecule has 1 aromatic carbocycles. The molecule has 0 saturated carbocycles. The summed E-state index contributed by atoms with van der Waals surface area (Å²) in [5.74, 6) is -0.316. The molecule has 2 aromatic rings. The van der Waals surface area contributed by atoms with Crippen molar-refractivity contribution in [2.45, 2.75) is 13.5 Å². The molecular weight excluding hydrogens is 332 g/mol. The second kappa shape index (κ2) is 6.54.